The molecule has 1 heterocycles. The van der Waals surface area contributed by atoms with E-state index in [2.05, 4.69) is 22.9 Å². The summed E-state index contributed by atoms with van der Waals surface area (Å²) in [7, 11) is -3.53. The number of rotatable bonds is 2. The molecule has 110 valence electrons. The first-order valence-electron chi connectivity index (χ1n) is 6.84. The van der Waals surface area contributed by atoms with E-state index >= 15 is 0 Å². The second-order valence-corrected chi connectivity index (χ2v) is 8.21. The molecule has 0 aliphatic carbocycles. The number of fused-ring (bicyclic) bond motifs is 1. The van der Waals surface area contributed by atoms with Crippen LogP contribution in [-0.4, -0.2) is 15.0 Å². The Hall–Kier alpha value is -1.33. The molecule has 0 saturated carbocycles. The molecule has 1 unspecified atom stereocenters. The predicted molar refractivity (Wildman–Crippen MR) is 88.0 cm³/mol. The zero-order valence-electron chi connectivity index (χ0n) is 11.7. The van der Waals surface area contributed by atoms with Crippen molar-refractivity contribution in [2.75, 3.05) is 10.8 Å². The van der Waals surface area contributed by atoms with Gasteiger partial charge in [0.15, 0.2) is 0 Å². The minimum absolute atomic E-state index is 0.307. The van der Waals surface area contributed by atoms with Crippen LogP contribution >= 0.6 is 15.9 Å². The van der Waals surface area contributed by atoms with Gasteiger partial charge in [0.25, 0.3) is 10.0 Å². The minimum atomic E-state index is -3.53. The molecule has 0 bridgehead atoms. The van der Waals surface area contributed by atoms with Crippen molar-refractivity contribution in [3.63, 3.8) is 0 Å². The van der Waals surface area contributed by atoms with Crippen molar-refractivity contribution in [3.05, 3.63) is 58.6 Å². The number of nitrogens with zero attached hydrogens (tertiary/aromatic N) is 1. The number of para-hydroxylation sites is 1. The van der Waals surface area contributed by atoms with E-state index < -0.39 is 10.0 Å². The summed E-state index contributed by atoms with van der Waals surface area (Å²) in [5, 5.41) is 0. The molecule has 0 aromatic heterocycles. The van der Waals surface area contributed by atoms with Gasteiger partial charge in [0.1, 0.15) is 0 Å². The summed E-state index contributed by atoms with van der Waals surface area (Å²) in [6.07, 6.45) is 0.917. The fourth-order valence-corrected chi connectivity index (χ4v) is 4.95. The van der Waals surface area contributed by atoms with Crippen LogP contribution in [0.5, 0.6) is 0 Å². The lowest BCUT2D eigenvalue weighted by molar-refractivity contribution is 0.544. The molecular formula is C16H16BrNO2S. The quantitative estimate of drug-likeness (QED) is 0.810. The normalized spacial score (nSPS) is 18.4. The van der Waals surface area contributed by atoms with E-state index in [1.807, 2.05) is 30.3 Å². The average molecular weight is 366 g/mol. The summed E-state index contributed by atoms with van der Waals surface area (Å²) < 4.78 is 28.2. The Morgan fingerprint density at radius 1 is 1.14 bits per heavy atom. The number of hydrogen-bond acceptors (Lipinski definition) is 2. The molecule has 0 spiro atoms. The van der Waals surface area contributed by atoms with E-state index in [9.17, 15) is 8.42 Å². The molecule has 1 aliphatic heterocycles. The zero-order valence-corrected chi connectivity index (χ0v) is 14.1. The Morgan fingerprint density at radius 2 is 1.90 bits per heavy atom. The number of hydrogen-bond donors (Lipinski definition) is 0. The van der Waals surface area contributed by atoms with Gasteiger partial charge < -0.3 is 0 Å². The van der Waals surface area contributed by atoms with Crippen molar-refractivity contribution in [2.24, 2.45) is 5.92 Å². The van der Waals surface area contributed by atoms with Gasteiger partial charge in [-0.15, -0.1) is 0 Å². The van der Waals surface area contributed by atoms with Gasteiger partial charge >= 0.3 is 0 Å². The Balaban J connectivity index is 2.11. The molecule has 5 heteroatoms. The van der Waals surface area contributed by atoms with Crippen LogP contribution in [0.3, 0.4) is 0 Å². The lowest BCUT2D eigenvalue weighted by atomic mass is 9.96. The fraction of sp³-hybridized carbons (Fsp3) is 0.250. The summed E-state index contributed by atoms with van der Waals surface area (Å²) in [5.41, 5.74) is 1.89. The van der Waals surface area contributed by atoms with E-state index in [1.54, 1.807) is 18.2 Å². The van der Waals surface area contributed by atoms with Crippen molar-refractivity contribution in [1.82, 2.24) is 0 Å². The SMILES string of the molecule is CC1Cc2ccccc2N(S(=O)(=O)c2cccc(Br)c2)C1. The first kappa shape index (κ1) is 14.6. The second kappa shape index (κ2) is 5.46. The standard InChI is InChI=1S/C16H16BrNO2S/c1-12-9-13-5-2-3-8-16(13)18(11-12)21(19,20)15-7-4-6-14(17)10-15/h2-8,10,12H,9,11H2,1H3. The number of benzene rings is 2. The largest absolute Gasteiger partial charge is 0.266 e. The van der Waals surface area contributed by atoms with Crippen LogP contribution in [0, 0.1) is 5.92 Å². The molecule has 3 nitrogen and oxygen atoms in total. The molecule has 2 aromatic carbocycles. The van der Waals surface area contributed by atoms with Crippen molar-refractivity contribution in [1.29, 1.82) is 0 Å². The third-order valence-corrected chi connectivity index (χ3v) is 5.96. The summed E-state index contributed by atoms with van der Waals surface area (Å²) in [4.78, 5) is 0.320. The average Bonchev–Trinajstić information content (AvgIpc) is 2.46. The highest BCUT2D eigenvalue weighted by Crippen LogP contribution is 2.34. The zero-order chi connectivity index (χ0) is 15.0. The van der Waals surface area contributed by atoms with E-state index in [0.29, 0.717) is 17.4 Å². The van der Waals surface area contributed by atoms with Gasteiger partial charge in [0, 0.05) is 11.0 Å². The molecule has 21 heavy (non-hydrogen) atoms. The maximum atomic E-state index is 13.0. The van der Waals surface area contributed by atoms with Gasteiger partial charge in [0.05, 0.1) is 10.6 Å². The molecule has 2 aromatic rings. The molecule has 0 radical (unpaired) electrons. The lowest BCUT2D eigenvalue weighted by Gasteiger charge is -2.33. The lowest BCUT2D eigenvalue weighted by Crippen LogP contribution is -2.39. The summed E-state index contributed by atoms with van der Waals surface area (Å²) in [6.45, 7) is 2.60. The third kappa shape index (κ3) is 2.72. The van der Waals surface area contributed by atoms with Crippen LogP contribution in [0.15, 0.2) is 57.9 Å². The van der Waals surface area contributed by atoms with Gasteiger partial charge in [-0.1, -0.05) is 47.1 Å². The monoisotopic (exact) mass is 365 g/mol. The molecule has 1 aliphatic rings. The van der Waals surface area contributed by atoms with Crippen LogP contribution in [0.2, 0.25) is 0 Å². The molecule has 0 N–H and O–H groups in total. The Morgan fingerprint density at radius 3 is 2.67 bits per heavy atom. The van der Waals surface area contributed by atoms with Crippen molar-refractivity contribution in [3.8, 4) is 0 Å². The molecule has 1 atom stereocenters. The molecular weight excluding hydrogens is 350 g/mol. The molecule has 0 amide bonds. The van der Waals surface area contributed by atoms with E-state index in [1.165, 1.54) is 4.31 Å². The minimum Gasteiger partial charge on any atom is -0.266 e. The maximum Gasteiger partial charge on any atom is 0.264 e. The van der Waals surface area contributed by atoms with Gasteiger partial charge in [-0.3, -0.25) is 4.31 Å². The highest BCUT2D eigenvalue weighted by atomic mass is 79.9. The van der Waals surface area contributed by atoms with Crippen molar-refractivity contribution in [2.45, 2.75) is 18.2 Å². The van der Waals surface area contributed by atoms with Crippen LogP contribution < -0.4 is 4.31 Å². The van der Waals surface area contributed by atoms with Crippen LogP contribution in [-0.2, 0) is 16.4 Å². The predicted octanol–water partition coefficient (Wildman–Crippen LogP) is 3.84. The highest BCUT2D eigenvalue weighted by Gasteiger charge is 2.31. The van der Waals surface area contributed by atoms with Crippen LogP contribution in [0.4, 0.5) is 5.69 Å². The van der Waals surface area contributed by atoms with Crippen LogP contribution in [0.25, 0.3) is 0 Å². The number of halogens is 1. The Labute approximate surface area is 133 Å². The Kier molecular flexibility index (Phi) is 3.80. The summed E-state index contributed by atoms with van der Waals surface area (Å²) >= 11 is 3.34. The highest BCUT2D eigenvalue weighted by molar-refractivity contribution is 9.10. The third-order valence-electron chi connectivity index (χ3n) is 3.69. The first-order valence-corrected chi connectivity index (χ1v) is 9.08. The smallest absolute Gasteiger partial charge is 0.264 e. The Bertz CT molecular complexity index is 773. The van der Waals surface area contributed by atoms with E-state index in [4.69, 9.17) is 0 Å². The van der Waals surface area contributed by atoms with Gasteiger partial charge in [0.2, 0.25) is 0 Å². The molecule has 0 fully saturated rings. The fourth-order valence-electron chi connectivity index (χ4n) is 2.73. The first-order chi connectivity index (χ1) is 9.98. The van der Waals surface area contributed by atoms with Gasteiger partial charge in [-0.05, 0) is 42.2 Å². The maximum absolute atomic E-state index is 13.0. The van der Waals surface area contributed by atoms with E-state index in [-0.39, 0.29) is 0 Å². The topological polar surface area (TPSA) is 37.4 Å². The van der Waals surface area contributed by atoms with Gasteiger partial charge in [-0.25, -0.2) is 8.42 Å². The summed E-state index contributed by atoms with van der Waals surface area (Å²) in [5.74, 6) is 0.307. The molecule has 0 saturated heterocycles. The number of sulfonamides is 1. The summed E-state index contributed by atoms with van der Waals surface area (Å²) in [6, 6.07) is 14.6. The van der Waals surface area contributed by atoms with Gasteiger partial charge in [-0.2, -0.15) is 0 Å². The van der Waals surface area contributed by atoms with Crippen LogP contribution in [0.1, 0.15) is 12.5 Å². The van der Waals surface area contributed by atoms with Crippen molar-refractivity contribution >= 4 is 31.6 Å². The van der Waals surface area contributed by atoms with E-state index in [0.717, 1.165) is 22.1 Å². The number of anilines is 1. The van der Waals surface area contributed by atoms with Crippen molar-refractivity contribution < 1.29 is 8.42 Å². The second-order valence-electron chi connectivity index (χ2n) is 5.43. The molecule has 3 rings (SSSR count).